The Hall–Kier alpha value is -0.120. The fourth-order valence-corrected chi connectivity index (χ4v) is 4.57. The van der Waals surface area contributed by atoms with Gasteiger partial charge in [-0.1, -0.05) is 0 Å². The van der Waals surface area contributed by atoms with E-state index in [-0.39, 0.29) is 0 Å². The van der Waals surface area contributed by atoms with Gasteiger partial charge in [-0.3, -0.25) is 4.90 Å². The molecule has 4 heterocycles. The van der Waals surface area contributed by atoms with Crippen LogP contribution in [0.5, 0.6) is 0 Å². The summed E-state index contributed by atoms with van der Waals surface area (Å²) in [4.78, 5) is 5.52. The molecular formula is C13H23N3. The molecule has 0 aromatic rings. The van der Waals surface area contributed by atoms with Gasteiger partial charge in [-0.05, 0) is 56.8 Å². The maximum absolute atomic E-state index is 3.55. The van der Waals surface area contributed by atoms with Gasteiger partial charge < -0.3 is 10.2 Å². The minimum absolute atomic E-state index is 0.935. The minimum Gasteiger partial charge on any atom is -0.316 e. The van der Waals surface area contributed by atoms with Crippen LogP contribution >= 0.6 is 0 Å². The van der Waals surface area contributed by atoms with Gasteiger partial charge in [-0.2, -0.15) is 0 Å². The second-order valence-electron chi connectivity index (χ2n) is 6.34. The molecule has 4 rings (SSSR count). The molecule has 3 heteroatoms. The van der Waals surface area contributed by atoms with Gasteiger partial charge in [0.25, 0.3) is 0 Å². The van der Waals surface area contributed by atoms with Crippen molar-refractivity contribution in [3.63, 3.8) is 0 Å². The van der Waals surface area contributed by atoms with Crippen molar-refractivity contribution in [1.29, 1.82) is 0 Å². The van der Waals surface area contributed by atoms with Crippen LogP contribution in [0.1, 0.15) is 12.8 Å². The third-order valence-electron chi connectivity index (χ3n) is 5.48. The first kappa shape index (κ1) is 9.86. The van der Waals surface area contributed by atoms with Crippen molar-refractivity contribution in [3.05, 3.63) is 0 Å². The Morgan fingerprint density at radius 2 is 1.56 bits per heavy atom. The normalized spacial score (nSPS) is 52.1. The number of hydrogen-bond donors (Lipinski definition) is 1. The van der Waals surface area contributed by atoms with E-state index in [0.717, 1.165) is 23.8 Å². The van der Waals surface area contributed by atoms with Gasteiger partial charge in [0, 0.05) is 25.7 Å². The zero-order chi connectivity index (χ0) is 10.5. The number of fused-ring (bicyclic) bond motifs is 3. The molecule has 0 radical (unpaired) electrons. The van der Waals surface area contributed by atoms with Gasteiger partial charge in [0.2, 0.25) is 0 Å². The molecule has 0 aromatic heterocycles. The molecule has 2 bridgehead atoms. The van der Waals surface area contributed by atoms with E-state index in [9.17, 15) is 0 Å². The molecule has 4 fully saturated rings. The molecule has 5 atom stereocenters. The number of likely N-dealkylation sites (tertiary alicyclic amines) is 1. The summed E-state index contributed by atoms with van der Waals surface area (Å²) in [6, 6.07) is 0.935. The minimum atomic E-state index is 0.935. The van der Waals surface area contributed by atoms with Crippen molar-refractivity contribution in [3.8, 4) is 0 Å². The molecule has 0 aromatic carbocycles. The van der Waals surface area contributed by atoms with Gasteiger partial charge in [-0.25, -0.2) is 0 Å². The molecule has 4 aliphatic heterocycles. The van der Waals surface area contributed by atoms with Gasteiger partial charge in [0.15, 0.2) is 0 Å². The van der Waals surface area contributed by atoms with E-state index in [2.05, 4.69) is 15.1 Å². The highest BCUT2D eigenvalue weighted by atomic mass is 15.3. The highest BCUT2D eigenvalue weighted by Gasteiger charge is 2.43. The lowest BCUT2D eigenvalue weighted by atomic mass is 9.93. The molecule has 90 valence electrons. The number of hydrogen-bond acceptors (Lipinski definition) is 3. The lowest BCUT2D eigenvalue weighted by Crippen LogP contribution is -2.46. The van der Waals surface area contributed by atoms with Crippen LogP contribution in [0.3, 0.4) is 0 Å². The van der Waals surface area contributed by atoms with Crippen molar-refractivity contribution in [2.75, 3.05) is 45.8 Å². The van der Waals surface area contributed by atoms with Crippen molar-refractivity contribution in [2.24, 2.45) is 17.8 Å². The predicted octanol–water partition coefficient (Wildman–Crippen LogP) is 0.232. The van der Waals surface area contributed by atoms with Crippen LogP contribution in [-0.2, 0) is 0 Å². The van der Waals surface area contributed by atoms with Crippen LogP contribution in [0.25, 0.3) is 0 Å². The van der Waals surface area contributed by atoms with Gasteiger partial charge in [0.05, 0.1) is 0 Å². The quantitative estimate of drug-likeness (QED) is 0.684. The Balaban J connectivity index is 1.46. The Labute approximate surface area is 98.2 Å². The van der Waals surface area contributed by atoms with Crippen LogP contribution < -0.4 is 5.32 Å². The first-order valence-corrected chi connectivity index (χ1v) is 7.07. The average Bonchev–Trinajstić information content (AvgIpc) is 2.93. The van der Waals surface area contributed by atoms with Crippen molar-refractivity contribution < 1.29 is 0 Å². The lowest BCUT2D eigenvalue weighted by molar-refractivity contribution is 0.115. The molecule has 1 N–H and O–H groups in total. The fraction of sp³-hybridized carbons (Fsp3) is 1.00. The second kappa shape index (κ2) is 3.69. The summed E-state index contributed by atoms with van der Waals surface area (Å²) in [6.45, 7) is 9.48. The molecule has 4 aliphatic rings. The van der Waals surface area contributed by atoms with Crippen LogP contribution in [0.15, 0.2) is 0 Å². The Morgan fingerprint density at radius 1 is 0.812 bits per heavy atom. The topological polar surface area (TPSA) is 18.5 Å². The number of rotatable bonds is 1. The van der Waals surface area contributed by atoms with Crippen LogP contribution in [0.4, 0.5) is 0 Å². The van der Waals surface area contributed by atoms with Crippen LogP contribution in [-0.4, -0.2) is 61.7 Å². The number of piperidine rings is 1. The molecule has 0 spiro atoms. The highest BCUT2D eigenvalue weighted by molar-refractivity contribution is 4.98. The largest absolute Gasteiger partial charge is 0.316 e. The van der Waals surface area contributed by atoms with Crippen LogP contribution in [0.2, 0.25) is 0 Å². The van der Waals surface area contributed by atoms with E-state index in [1.54, 1.807) is 0 Å². The SMILES string of the molecule is C1CN2CCC(N3C[C@H]4CNC[C@H]4C3)C1C2. The summed E-state index contributed by atoms with van der Waals surface area (Å²) in [7, 11) is 0. The van der Waals surface area contributed by atoms with E-state index < -0.39 is 0 Å². The third kappa shape index (κ3) is 1.45. The predicted molar refractivity (Wildman–Crippen MR) is 64.4 cm³/mol. The van der Waals surface area contributed by atoms with Crippen LogP contribution in [0, 0.1) is 17.8 Å². The zero-order valence-electron chi connectivity index (χ0n) is 10.1. The molecule has 0 aliphatic carbocycles. The first-order valence-electron chi connectivity index (χ1n) is 7.07. The molecule has 3 unspecified atom stereocenters. The van der Waals surface area contributed by atoms with E-state index in [1.807, 2.05) is 0 Å². The summed E-state index contributed by atoms with van der Waals surface area (Å²) in [5.74, 6) is 2.94. The van der Waals surface area contributed by atoms with Gasteiger partial charge in [0.1, 0.15) is 0 Å². The average molecular weight is 221 g/mol. The second-order valence-corrected chi connectivity index (χ2v) is 6.34. The lowest BCUT2D eigenvalue weighted by Gasteiger charge is -2.37. The molecule has 4 saturated heterocycles. The number of nitrogens with zero attached hydrogens (tertiary/aromatic N) is 2. The zero-order valence-corrected chi connectivity index (χ0v) is 10.1. The molecule has 3 nitrogen and oxygen atoms in total. The highest BCUT2D eigenvalue weighted by Crippen LogP contribution is 2.35. The van der Waals surface area contributed by atoms with Gasteiger partial charge in [-0.15, -0.1) is 0 Å². The third-order valence-corrected chi connectivity index (χ3v) is 5.48. The van der Waals surface area contributed by atoms with Crippen molar-refractivity contribution in [1.82, 2.24) is 15.1 Å². The van der Waals surface area contributed by atoms with Gasteiger partial charge >= 0.3 is 0 Å². The fourth-order valence-electron chi connectivity index (χ4n) is 4.57. The summed E-state index contributed by atoms with van der Waals surface area (Å²) in [6.07, 6.45) is 2.91. The smallest absolute Gasteiger partial charge is 0.0149 e. The van der Waals surface area contributed by atoms with E-state index >= 15 is 0 Å². The van der Waals surface area contributed by atoms with Crippen molar-refractivity contribution >= 4 is 0 Å². The molecule has 0 saturated carbocycles. The summed E-state index contributed by atoms with van der Waals surface area (Å²) in [5.41, 5.74) is 0. The van der Waals surface area contributed by atoms with E-state index in [1.165, 1.54) is 58.7 Å². The summed E-state index contributed by atoms with van der Waals surface area (Å²) < 4.78 is 0. The maximum atomic E-state index is 3.55. The number of nitrogens with one attached hydrogen (secondary N) is 1. The first-order chi connectivity index (χ1) is 7.90. The van der Waals surface area contributed by atoms with Crippen molar-refractivity contribution in [2.45, 2.75) is 18.9 Å². The Morgan fingerprint density at radius 3 is 2.38 bits per heavy atom. The summed E-state index contributed by atoms with van der Waals surface area (Å²) in [5, 5.41) is 3.55. The maximum Gasteiger partial charge on any atom is 0.0149 e. The monoisotopic (exact) mass is 221 g/mol. The molecule has 0 amide bonds. The summed E-state index contributed by atoms with van der Waals surface area (Å²) >= 11 is 0. The molecular weight excluding hydrogens is 198 g/mol. The van der Waals surface area contributed by atoms with E-state index in [0.29, 0.717) is 0 Å². The Kier molecular flexibility index (Phi) is 2.27. The Bertz CT molecular complexity index is 268. The standard InChI is InChI=1S/C13H23N3/c1-3-15-4-2-13(10(1)7-15)16-8-11-5-14-6-12(11)9-16/h10-14H,1-9H2/t10?,11-,12+,13?. The van der Waals surface area contributed by atoms with E-state index in [4.69, 9.17) is 0 Å². The molecule has 16 heavy (non-hydrogen) atoms.